The smallest absolute Gasteiger partial charge is 0.125 e. The van der Waals surface area contributed by atoms with Gasteiger partial charge in [0, 0.05) is 11.4 Å². The van der Waals surface area contributed by atoms with Crippen molar-refractivity contribution in [2.24, 2.45) is 0 Å². The van der Waals surface area contributed by atoms with Crippen molar-refractivity contribution in [3.63, 3.8) is 0 Å². The molecule has 1 atom stereocenters. The van der Waals surface area contributed by atoms with E-state index < -0.39 is 0 Å². The van der Waals surface area contributed by atoms with E-state index in [1.807, 2.05) is 12.1 Å². The van der Waals surface area contributed by atoms with Gasteiger partial charge in [-0.2, -0.15) is 0 Å². The van der Waals surface area contributed by atoms with Crippen LogP contribution in [0.25, 0.3) is 0 Å². The summed E-state index contributed by atoms with van der Waals surface area (Å²) in [7, 11) is 0. The molecule has 5 heteroatoms. The van der Waals surface area contributed by atoms with E-state index in [-0.39, 0.29) is 11.9 Å². The van der Waals surface area contributed by atoms with Crippen molar-refractivity contribution in [2.45, 2.75) is 12.5 Å². The molecule has 3 rings (SSSR count). The maximum atomic E-state index is 13.2. The second-order valence-electron chi connectivity index (χ2n) is 4.70. The molecule has 1 N–H and O–H groups in total. The van der Waals surface area contributed by atoms with E-state index in [0.29, 0.717) is 22.3 Å². The van der Waals surface area contributed by atoms with Crippen LogP contribution in [-0.2, 0) is 6.42 Å². The van der Waals surface area contributed by atoms with Crippen molar-refractivity contribution >= 4 is 28.9 Å². The molecule has 0 saturated carbocycles. The Morgan fingerprint density at radius 1 is 1.20 bits per heavy atom. The molecule has 1 aliphatic heterocycles. The summed E-state index contributed by atoms with van der Waals surface area (Å²) in [6.45, 7) is 0.551. The van der Waals surface area contributed by atoms with Crippen LogP contribution < -0.4 is 10.1 Å². The van der Waals surface area contributed by atoms with Gasteiger partial charge >= 0.3 is 0 Å². The SMILES string of the molecule is Fc1ccc(Cl)c(NCC2Cc3cc(Cl)ccc3O2)c1. The molecule has 0 aromatic heterocycles. The number of nitrogens with one attached hydrogen (secondary N) is 1. The molecule has 0 aliphatic carbocycles. The molecule has 2 aromatic rings. The molecule has 2 aromatic carbocycles. The molecule has 20 heavy (non-hydrogen) atoms. The lowest BCUT2D eigenvalue weighted by atomic mass is 10.1. The zero-order valence-corrected chi connectivity index (χ0v) is 12.0. The van der Waals surface area contributed by atoms with E-state index in [4.69, 9.17) is 27.9 Å². The van der Waals surface area contributed by atoms with E-state index in [0.717, 1.165) is 17.7 Å². The third kappa shape index (κ3) is 2.84. The molecule has 0 amide bonds. The lowest BCUT2D eigenvalue weighted by Gasteiger charge is -2.13. The van der Waals surface area contributed by atoms with Crippen LogP contribution in [0.5, 0.6) is 5.75 Å². The third-order valence-corrected chi connectivity index (χ3v) is 3.78. The van der Waals surface area contributed by atoms with Crippen LogP contribution in [0.3, 0.4) is 0 Å². The van der Waals surface area contributed by atoms with Gasteiger partial charge in [0.15, 0.2) is 0 Å². The highest BCUT2D eigenvalue weighted by molar-refractivity contribution is 6.33. The Hall–Kier alpha value is -1.45. The highest BCUT2D eigenvalue weighted by Crippen LogP contribution is 2.31. The Balaban J connectivity index is 1.65. The first-order valence-corrected chi connectivity index (χ1v) is 7.01. The number of anilines is 1. The predicted octanol–water partition coefficient (Wildman–Crippen LogP) is 4.55. The molecule has 0 radical (unpaired) electrons. The number of fused-ring (bicyclic) bond motifs is 1. The fourth-order valence-electron chi connectivity index (χ4n) is 2.26. The van der Waals surface area contributed by atoms with Gasteiger partial charge in [-0.3, -0.25) is 0 Å². The minimum atomic E-state index is -0.320. The number of hydrogen-bond acceptors (Lipinski definition) is 2. The van der Waals surface area contributed by atoms with Crippen molar-refractivity contribution < 1.29 is 9.13 Å². The highest BCUT2D eigenvalue weighted by Gasteiger charge is 2.22. The van der Waals surface area contributed by atoms with Gasteiger partial charge in [-0.15, -0.1) is 0 Å². The summed E-state index contributed by atoms with van der Waals surface area (Å²) in [5, 5.41) is 4.31. The summed E-state index contributed by atoms with van der Waals surface area (Å²) in [6.07, 6.45) is 0.762. The Morgan fingerprint density at radius 3 is 2.90 bits per heavy atom. The van der Waals surface area contributed by atoms with Gasteiger partial charge in [0.05, 0.1) is 17.3 Å². The lowest BCUT2D eigenvalue weighted by Crippen LogP contribution is -2.24. The molecule has 2 nitrogen and oxygen atoms in total. The lowest BCUT2D eigenvalue weighted by molar-refractivity contribution is 0.246. The van der Waals surface area contributed by atoms with Crippen LogP contribution >= 0.6 is 23.2 Å². The second-order valence-corrected chi connectivity index (χ2v) is 5.54. The molecule has 0 bridgehead atoms. The molecule has 0 fully saturated rings. The van der Waals surface area contributed by atoms with E-state index in [2.05, 4.69) is 5.32 Å². The van der Waals surface area contributed by atoms with Gasteiger partial charge in [-0.05, 0) is 42.0 Å². The van der Waals surface area contributed by atoms with Crippen molar-refractivity contribution in [2.75, 3.05) is 11.9 Å². The predicted molar refractivity (Wildman–Crippen MR) is 79.5 cm³/mol. The maximum Gasteiger partial charge on any atom is 0.125 e. The molecule has 0 saturated heterocycles. The zero-order chi connectivity index (χ0) is 14.1. The van der Waals surface area contributed by atoms with E-state index in [1.54, 1.807) is 6.07 Å². The van der Waals surface area contributed by atoms with Crippen LogP contribution in [0.2, 0.25) is 10.0 Å². The van der Waals surface area contributed by atoms with Crippen LogP contribution in [0.4, 0.5) is 10.1 Å². The quantitative estimate of drug-likeness (QED) is 0.898. The average Bonchev–Trinajstić information content (AvgIpc) is 2.81. The fraction of sp³-hybridized carbons (Fsp3) is 0.200. The summed E-state index contributed by atoms with van der Waals surface area (Å²) in [4.78, 5) is 0. The first-order valence-electron chi connectivity index (χ1n) is 6.26. The molecule has 1 aliphatic rings. The maximum absolute atomic E-state index is 13.2. The average molecular weight is 312 g/mol. The Bertz CT molecular complexity index is 648. The number of ether oxygens (including phenoxy) is 1. The summed E-state index contributed by atoms with van der Waals surface area (Å²) in [5.74, 6) is 0.533. The normalized spacial score (nSPS) is 16.6. The van der Waals surface area contributed by atoms with Crippen LogP contribution in [0.15, 0.2) is 36.4 Å². The molecular formula is C15H12Cl2FNO. The first kappa shape index (κ1) is 13.5. The molecule has 1 unspecified atom stereocenters. The molecular weight excluding hydrogens is 300 g/mol. The van der Waals surface area contributed by atoms with Crippen LogP contribution in [0.1, 0.15) is 5.56 Å². The summed E-state index contributed by atoms with van der Waals surface area (Å²) in [5.41, 5.74) is 1.67. The standard InChI is InChI=1S/C15H12Cl2FNO/c16-10-1-4-15-9(5-10)6-12(20-15)8-19-14-7-11(18)2-3-13(14)17/h1-5,7,12,19H,6,8H2. The van der Waals surface area contributed by atoms with Crippen molar-refractivity contribution in [3.05, 3.63) is 57.8 Å². The van der Waals surface area contributed by atoms with Gasteiger partial charge in [-0.1, -0.05) is 23.2 Å². The first-order chi connectivity index (χ1) is 9.61. The molecule has 104 valence electrons. The van der Waals surface area contributed by atoms with E-state index >= 15 is 0 Å². The largest absolute Gasteiger partial charge is 0.488 e. The number of rotatable bonds is 3. The summed E-state index contributed by atoms with van der Waals surface area (Å²) >= 11 is 12.0. The van der Waals surface area contributed by atoms with Gasteiger partial charge in [0.25, 0.3) is 0 Å². The molecule has 1 heterocycles. The fourth-order valence-corrected chi connectivity index (χ4v) is 2.64. The van der Waals surface area contributed by atoms with Gasteiger partial charge in [-0.25, -0.2) is 4.39 Å². The Morgan fingerprint density at radius 2 is 2.05 bits per heavy atom. The molecule has 0 spiro atoms. The number of benzene rings is 2. The van der Waals surface area contributed by atoms with Crippen LogP contribution in [-0.4, -0.2) is 12.6 Å². The highest BCUT2D eigenvalue weighted by atomic mass is 35.5. The van der Waals surface area contributed by atoms with Gasteiger partial charge < -0.3 is 10.1 Å². The topological polar surface area (TPSA) is 21.3 Å². The van der Waals surface area contributed by atoms with Gasteiger partial charge in [0.2, 0.25) is 0 Å². The number of halogens is 3. The second kappa shape index (κ2) is 5.51. The minimum absolute atomic E-state index is 0.0113. The Labute approximate surface area is 126 Å². The number of hydrogen-bond donors (Lipinski definition) is 1. The van der Waals surface area contributed by atoms with E-state index in [9.17, 15) is 4.39 Å². The Kier molecular flexibility index (Phi) is 3.72. The van der Waals surface area contributed by atoms with Gasteiger partial charge in [0.1, 0.15) is 17.7 Å². The zero-order valence-electron chi connectivity index (χ0n) is 10.5. The van der Waals surface area contributed by atoms with E-state index in [1.165, 1.54) is 18.2 Å². The van der Waals surface area contributed by atoms with Crippen molar-refractivity contribution in [3.8, 4) is 5.75 Å². The van der Waals surface area contributed by atoms with Crippen LogP contribution in [0, 0.1) is 5.82 Å². The summed E-state index contributed by atoms with van der Waals surface area (Å²) in [6, 6.07) is 9.82. The van der Waals surface area contributed by atoms with Crippen molar-refractivity contribution in [1.82, 2.24) is 0 Å². The summed E-state index contributed by atoms with van der Waals surface area (Å²) < 4.78 is 19.0. The minimum Gasteiger partial charge on any atom is -0.488 e. The van der Waals surface area contributed by atoms with Crippen molar-refractivity contribution in [1.29, 1.82) is 0 Å². The monoisotopic (exact) mass is 311 g/mol. The third-order valence-electron chi connectivity index (χ3n) is 3.21.